The summed E-state index contributed by atoms with van der Waals surface area (Å²) in [6.07, 6.45) is 0.0721. The summed E-state index contributed by atoms with van der Waals surface area (Å²) in [6.45, 7) is 3.35. The van der Waals surface area contributed by atoms with Crippen molar-refractivity contribution in [2.75, 3.05) is 11.4 Å². The Hall–Kier alpha value is -2.67. The van der Waals surface area contributed by atoms with Gasteiger partial charge in [0.2, 0.25) is 5.91 Å². The minimum atomic E-state index is -3.36. The average molecular weight is 387 g/mol. The van der Waals surface area contributed by atoms with Gasteiger partial charge in [-0.1, -0.05) is 30.3 Å². The largest absolute Gasteiger partial charge is 0.481 e. The maximum absolute atomic E-state index is 12.8. The number of hydrogen-bond acceptors (Lipinski definition) is 4. The molecule has 0 saturated heterocycles. The molecule has 6 nitrogen and oxygen atoms in total. The van der Waals surface area contributed by atoms with E-state index in [4.69, 9.17) is 0 Å². The number of para-hydroxylation sites is 1. The first kappa shape index (κ1) is 19.1. The highest BCUT2D eigenvalue weighted by molar-refractivity contribution is 7.92. The summed E-state index contributed by atoms with van der Waals surface area (Å²) >= 11 is 0. The Labute approximate surface area is 158 Å². The SMILES string of the molecule is CC(C)S(=O)(=O)c1ccc(CC(=O)N2CC(C(=O)O)c3ccccc32)cc1. The molecule has 0 aromatic heterocycles. The third-order valence-corrected chi connectivity index (χ3v) is 6.97. The highest BCUT2D eigenvalue weighted by Gasteiger charge is 2.36. The molecule has 0 fully saturated rings. The fraction of sp³-hybridized carbons (Fsp3) is 0.300. The molecule has 142 valence electrons. The molecule has 0 spiro atoms. The molecule has 1 unspecified atom stereocenters. The molecule has 7 heteroatoms. The Morgan fingerprint density at radius 2 is 1.74 bits per heavy atom. The highest BCUT2D eigenvalue weighted by atomic mass is 32.2. The minimum Gasteiger partial charge on any atom is -0.481 e. The van der Waals surface area contributed by atoms with E-state index in [9.17, 15) is 23.1 Å². The lowest BCUT2D eigenvalue weighted by Crippen LogP contribution is -2.32. The van der Waals surface area contributed by atoms with E-state index in [-0.39, 0.29) is 23.8 Å². The third-order valence-electron chi connectivity index (χ3n) is 4.80. The molecule has 1 aliphatic rings. The summed E-state index contributed by atoms with van der Waals surface area (Å²) in [5.41, 5.74) is 1.93. The first-order valence-corrected chi connectivity index (χ1v) is 10.2. The van der Waals surface area contributed by atoms with Gasteiger partial charge in [0.1, 0.15) is 5.92 Å². The highest BCUT2D eigenvalue weighted by Crippen LogP contribution is 2.36. The van der Waals surface area contributed by atoms with Crippen molar-refractivity contribution in [3.63, 3.8) is 0 Å². The zero-order valence-corrected chi connectivity index (χ0v) is 15.9. The number of carbonyl (C=O) groups excluding carboxylic acids is 1. The van der Waals surface area contributed by atoms with Crippen molar-refractivity contribution in [1.82, 2.24) is 0 Å². The molecular formula is C20H21NO5S. The number of rotatable bonds is 5. The first-order chi connectivity index (χ1) is 12.7. The van der Waals surface area contributed by atoms with Crippen LogP contribution >= 0.6 is 0 Å². The Bertz CT molecular complexity index is 980. The van der Waals surface area contributed by atoms with Gasteiger partial charge in [-0.25, -0.2) is 8.42 Å². The second-order valence-electron chi connectivity index (χ2n) is 6.87. The van der Waals surface area contributed by atoms with E-state index in [0.29, 0.717) is 16.8 Å². The van der Waals surface area contributed by atoms with Gasteiger partial charge in [-0.05, 0) is 43.2 Å². The van der Waals surface area contributed by atoms with Gasteiger partial charge in [-0.2, -0.15) is 0 Å². The van der Waals surface area contributed by atoms with Crippen molar-refractivity contribution < 1.29 is 23.1 Å². The number of hydrogen-bond donors (Lipinski definition) is 1. The van der Waals surface area contributed by atoms with E-state index in [1.165, 1.54) is 17.0 Å². The van der Waals surface area contributed by atoms with Gasteiger partial charge in [0.15, 0.2) is 9.84 Å². The topological polar surface area (TPSA) is 91.8 Å². The second kappa shape index (κ2) is 7.15. The van der Waals surface area contributed by atoms with Crippen molar-refractivity contribution in [3.05, 3.63) is 59.7 Å². The molecule has 0 saturated carbocycles. The fourth-order valence-electron chi connectivity index (χ4n) is 3.19. The summed E-state index contributed by atoms with van der Waals surface area (Å²) in [5.74, 6) is -1.91. The Morgan fingerprint density at radius 1 is 1.11 bits per heavy atom. The molecule has 0 radical (unpaired) electrons. The fourth-order valence-corrected chi connectivity index (χ4v) is 4.25. The maximum Gasteiger partial charge on any atom is 0.312 e. The number of sulfone groups is 1. The standard InChI is InChI=1S/C20H21NO5S/c1-13(2)27(25,26)15-9-7-14(8-10-15)11-19(22)21-12-17(20(23)24)16-5-3-4-6-18(16)21/h3-10,13,17H,11-12H2,1-2H3,(H,23,24). The molecule has 1 N–H and O–H groups in total. The van der Waals surface area contributed by atoms with Crippen LogP contribution in [0.1, 0.15) is 30.9 Å². The van der Waals surface area contributed by atoms with Gasteiger partial charge in [0, 0.05) is 12.2 Å². The van der Waals surface area contributed by atoms with E-state index in [1.807, 2.05) is 0 Å². The zero-order valence-electron chi connectivity index (χ0n) is 15.1. The summed E-state index contributed by atoms with van der Waals surface area (Å²) in [7, 11) is -3.36. The maximum atomic E-state index is 12.8. The van der Waals surface area contributed by atoms with Crippen LogP contribution in [0.25, 0.3) is 0 Å². The molecule has 1 amide bonds. The monoisotopic (exact) mass is 387 g/mol. The number of anilines is 1. The van der Waals surface area contributed by atoms with Crippen LogP contribution < -0.4 is 4.90 Å². The molecular weight excluding hydrogens is 366 g/mol. The van der Waals surface area contributed by atoms with Crippen molar-refractivity contribution in [3.8, 4) is 0 Å². The van der Waals surface area contributed by atoms with Crippen LogP contribution in [0, 0.1) is 0 Å². The predicted molar refractivity (Wildman–Crippen MR) is 102 cm³/mol. The molecule has 0 bridgehead atoms. The molecule has 1 heterocycles. The summed E-state index contributed by atoms with van der Waals surface area (Å²) < 4.78 is 24.4. The van der Waals surface area contributed by atoms with E-state index in [2.05, 4.69) is 0 Å². The van der Waals surface area contributed by atoms with Crippen LogP contribution in [-0.4, -0.2) is 37.2 Å². The van der Waals surface area contributed by atoms with Gasteiger partial charge >= 0.3 is 5.97 Å². The Kier molecular flexibility index (Phi) is 5.06. The smallest absolute Gasteiger partial charge is 0.312 e. The van der Waals surface area contributed by atoms with Crippen molar-refractivity contribution in [2.45, 2.75) is 36.3 Å². The number of carbonyl (C=O) groups is 2. The Balaban J connectivity index is 1.80. The molecule has 1 atom stereocenters. The van der Waals surface area contributed by atoms with E-state index in [0.717, 1.165) is 0 Å². The number of carboxylic acid groups (broad SMARTS) is 1. The number of aliphatic carboxylic acids is 1. The minimum absolute atomic E-state index is 0.0721. The lowest BCUT2D eigenvalue weighted by atomic mass is 10.0. The second-order valence-corrected chi connectivity index (χ2v) is 9.37. The van der Waals surface area contributed by atoms with Gasteiger partial charge in [0.25, 0.3) is 0 Å². The van der Waals surface area contributed by atoms with Crippen LogP contribution in [0.2, 0.25) is 0 Å². The van der Waals surface area contributed by atoms with Crippen molar-refractivity contribution >= 4 is 27.4 Å². The molecule has 2 aromatic carbocycles. The normalized spacial score (nSPS) is 16.4. The summed E-state index contributed by atoms with van der Waals surface area (Å²) in [5, 5.41) is 8.89. The first-order valence-electron chi connectivity index (χ1n) is 8.66. The van der Waals surface area contributed by atoms with Crippen LogP contribution in [0.15, 0.2) is 53.4 Å². The van der Waals surface area contributed by atoms with Crippen LogP contribution in [0.5, 0.6) is 0 Å². The van der Waals surface area contributed by atoms with E-state index < -0.39 is 27.0 Å². The number of carboxylic acids is 1. The summed E-state index contributed by atoms with van der Waals surface area (Å²) in [6, 6.07) is 13.3. The van der Waals surface area contributed by atoms with Crippen LogP contribution in [0.3, 0.4) is 0 Å². The van der Waals surface area contributed by atoms with Gasteiger partial charge in [0.05, 0.1) is 16.6 Å². The van der Waals surface area contributed by atoms with Gasteiger partial charge in [-0.15, -0.1) is 0 Å². The zero-order chi connectivity index (χ0) is 19.8. The van der Waals surface area contributed by atoms with Gasteiger partial charge < -0.3 is 10.0 Å². The number of nitrogens with zero attached hydrogens (tertiary/aromatic N) is 1. The average Bonchev–Trinajstić information content (AvgIpc) is 3.02. The molecule has 3 rings (SSSR count). The number of benzene rings is 2. The lowest BCUT2D eigenvalue weighted by Gasteiger charge is -2.17. The lowest BCUT2D eigenvalue weighted by molar-refractivity contribution is -0.138. The number of amides is 1. The Morgan fingerprint density at radius 3 is 2.33 bits per heavy atom. The third kappa shape index (κ3) is 3.60. The van der Waals surface area contributed by atoms with E-state index in [1.54, 1.807) is 50.2 Å². The summed E-state index contributed by atoms with van der Waals surface area (Å²) in [4.78, 5) is 26.0. The van der Waals surface area contributed by atoms with E-state index >= 15 is 0 Å². The number of fused-ring (bicyclic) bond motifs is 1. The molecule has 0 aliphatic carbocycles. The quantitative estimate of drug-likeness (QED) is 0.851. The molecule has 2 aromatic rings. The molecule has 1 aliphatic heterocycles. The van der Waals surface area contributed by atoms with Crippen molar-refractivity contribution in [1.29, 1.82) is 0 Å². The van der Waals surface area contributed by atoms with Crippen LogP contribution in [0.4, 0.5) is 5.69 Å². The predicted octanol–water partition coefficient (Wildman–Crippen LogP) is 2.63. The van der Waals surface area contributed by atoms with Crippen LogP contribution in [-0.2, 0) is 25.8 Å². The molecule has 27 heavy (non-hydrogen) atoms. The van der Waals surface area contributed by atoms with Crippen molar-refractivity contribution in [2.24, 2.45) is 0 Å². The van der Waals surface area contributed by atoms with Gasteiger partial charge in [-0.3, -0.25) is 9.59 Å².